The Kier molecular flexibility index (Phi) is 6.28. The zero-order chi connectivity index (χ0) is 14.4. The first-order valence-corrected chi connectivity index (χ1v) is 7.17. The summed E-state index contributed by atoms with van der Waals surface area (Å²) in [5.41, 5.74) is 0. The molecule has 1 aliphatic rings. The number of carbonyl (C=O) groups is 2. The van der Waals surface area contributed by atoms with Crippen molar-refractivity contribution in [1.82, 2.24) is 10.2 Å². The number of nitrogens with zero attached hydrogens (tertiary/aromatic N) is 1. The molecule has 0 radical (unpaired) electrons. The van der Waals surface area contributed by atoms with Gasteiger partial charge in [-0.15, -0.1) is 0 Å². The normalized spacial score (nSPS) is 19.4. The molecule has 5 nitrogen and oxygen atoms in total. The third kappa shape index (κ3) is 5.19. The van der Waals surface area contributed by atoms with E-state index in [-0.39, 0.29) is 18.4 Å². The van der Waals surface area contributed by atoms with E-state index in [2.05, 4.69) is 5.32 Å². The number of hydrogen-bond acceptors (Lipinski definition) is 3. The molecule has 0 spiro atoms. The molecule has 2 amide bonds. The number of amides is 2. The minimum Gasteiger partial charge on any atom is -0.392 e. The maximum Gasteiger partial charge on any atom is 0.242 e. The predicted octanol–water partition coefficient (Wildman–Crippen LogP) is 0.911. The van der Waals surface area contributed by atoms with Gasteiger partial charge in [0.1, 0.15) is 6.04 Å². The highest BCUT2D eigenvalue weighted by atomic mass is 16.3. The summed E-state index contributed by atoms with van der Waals surface area (Å²) in [6.45, 7) is 6.62. The van der Waals surface area contributed by atoms with E-state index in [4.69, 9.17) is 0 Å². The summed E-state index contributed by atoms with van der Waals surface area (Å²) in [6.07, 6.45) is 2.51. The van der Waals surface area contributed by atoms with E-state index in [1.165, 1.54) is 0 Å². The van der Waals surface area contributed by atoms with Gasteiger partial charge in [0.2, 0.25) is 11.8 Å². The number of piperidine rings is 1. The van der Waals surface area contributed by atoms with Crippen molar-refractivity contribution in [2.75, 3.05) is 13.1 Å². The number of aliphatic hydroxyl groups excluding tert-OH is 1. The fraction of sp³-hybridized carbons (Fsp3) is 0.857. The average molecular weight is 270 g/mol. The van der Waals surface area contributed by atoms with Crippen LogP contribution in [0.5, 0.6) is 0 Å². The summed E-state index contributed by atoms with van der Waals surface area (Å²) in [5.74, 6) is 0.269. The predicted molar refractivity (Wildman–Crippen MR) is 73.5 cm³/mol. The molecule has 0 aromatic heterocycles. The fourth-order valence-corrected chi connectivity index (χ4v) is 2.34. The Hall–Kier alpha value is -1.10. The molecule has 1 rings (SSSR count). The van der Waals surface area contributed by atoms with Crippen LogP contribution in [0, 0.1) is 5.92 Å². The lowest BCUT2D eigenvalue weighted by Gasteiger charge is -2.34. The summed E-state index contributed by atoms with van der Waals surface area (Å²) >= 11 is 0. The standard InChI is InChI=1S/C14H26N2O3/c1-10(2)8-12(14(19)15-9-11(3)17)16-7-5-4-6-13(16)18/h10-12,17H,4-9H2,1-3H3,(H,15,19). The van der Waals surface area contributed by atoms with Crippen molar-refractivity contribution in [3.63, 3.8) is 0 Å². The second-order valence-corrected chi connectivity index (χ2v) is 5.78. The minimum absolute atomic E-state index is 0.0732. The van der Waals surface area contributed by atoms with Gasteiger partial charge in [0.05, 0.1) is 6.10 Å². The van der Waals surface area contributed by atoms with Gasteiger partial charge in [-0.3, -0.25) is 9.59 Å². The summed E-state index contributed by atoms with van der Waals surface area (Å²) in [6, 6.07) is -0.397. The van der Waals surface area contributed by atoms with Gasteiger partial charge in [-0.1, -0.05) is 13.8 Å². The lowest BCUT2D eigenvalue weighted by Crippen LogP contribution is -2.52. The molecule has 2 unspecified atom stereocenters. The molecule has 1 fully saturated rings. The van der Waals surface area contributed by atoms with Crippen LogP contribution in [0.1, 0.15) is 46.5 Å². The van der Waals surface area contributed by atoms with Gasteiger partial charge in [-0.25, -0.2) is 0 Å². The average Bonchev–Trinajstić information content (AvgIpc) is 2.33. The Labute approximate surface area is 115 Å². The molecule has 110 valence electrons. The Balaban J connectivity index is 2.69. The Bertz CT molecular complexity index is 316. The van der Waals surface area contributed by atoms with Crippen molar-refractivity contribution >= 4 is 11.8 Å². The van der Waals surface area contributed by atoms with E-state index >= 15 is 0 Å². The van der Waals surface area contributed by atoms with Gasteiger partial charge in [0.15, 0.2) is 0 Å². The Morgan fingerprint density at radius 3 is 2.58 bits per heavy atom. The number of hydrogen-bond donors (Lipinski definition) is 2. The van der Waals surface area contributed by atoms with Crippen LogP contribution >= 0.6 is 0 Å². The lowest BCUT2D eigenvalue weighted by atomic mass is 9.98. The molecule has 1 aliphatic heterocycles. The van der Waals surface area contributed by atoms with E-state index in [1.54, 1.807) is 11.8 Å². The second-order valence-electron chi connectivity index (χ2n) is 5.78. The van der Waals surface area contributed by atoms with Gasteiger partial charge >= 0.3 is 0 Å². The monoisotopic (exact) mass is 270 g/mol. The third-order valence-corrected chi connectivity index (χ3v) is 3.31. The SMILES string of the molecule is CC(C)CC(C(=O)NCC(C)O)N1CCCCC1=O. The maximum absolute atomic E-state index is 12.2. The number of aliphatic hydroxyl groups is 1. The topological polar surface area (TPSA) is 69.6 Å². The highest BCUT2D eigenvalue weighted by Gasteiger charge is 2.31. The van der Waals surface area contributed by atoms with Crippen LogP contribution in [0.4, 0.5) is 0 Å². The largest absolute Gasteiger partial charge is 0.392 e. The van der Waals surface area contributed by atoms with Gasteiger partial charge in [0, 0.05) is 19.5 Å². The van der Waals surface area contributed by atoms with Gasteiger partial charge < -0.3 is 15.3 Å². The summed E-state index contributed by atoms with van der Waals surface area (Å²) < 4.78 is 0. The first-order valence-electron chi connectivity index (χ1n) is 7.17. The first kappa shape index (κ1) is 16.0. The van der Waals surface area contributed by atoms with Gasteiger partial charge in [0.25, 0.3) is 0 Å². The smallest absolute Gasteiger partial charge is 0.242 e. The van der Waals surface area contributed by atoms with Crippen molar-refractivity contribution in [2.24, 2.45) is 5.92 Å². The maximum atomic E-state index is 12.2. The van der Waals surface area contributed by atoms with Crippen molar-refractivity contribution in [3.8, 4) is 0 Å². The fourth-order valence-electron chi connectivity index (χ4n) is 2.34. The molecular weight excluding hydrogens is 244 g/mol. The summed E-state index contributed by atoms with van der Waals surface area (Å²) in [5, 5.41) is 12.0. The number of likely N-dealkylation sites (tertiary alicyclic amines) is 1. The van der Waals surface area contributed by atoms with Crippen molar-refractivity contribution in [1.29, 1.82) is 0 Å². The molecule has 0 aromatic rings. The number of nitrogens with one attached hydrogen (secondary N) is 1. The van der Waals surface area contributed by atoms with Crippen molar-refractivity contribution < 1.29 is 14.7 Å². The minimum atomic E-state index is -0.569. The third-order valence-electron chi connectivity index (χ3n) is 3.31. The molecule has 1 heterocycles. The molecule has 2 atom stereocenters. The van der Waals surface area contributed by atoms with E-state index < -0.39 is 12.1 Å². The van der Waals surface area contributed by atoms with Crippen LogP contribution in [-0.2, 0) is 9.59 Å². The number of carbonyl (C=O) groups excluding carboxylic acids is 2. The van der Waals surface area contributed by atoms with Crippen molar-refractivity contribution in [2.45, 2.75) is 58.6 Å². The summed E-state index contributed by atoms with van der Waals surface area (Å²) in [4.78, 5) is 25.9. The van der Waals surface area contributed by atoms with Gasteiger partial charge in [-0.2, -0.15) is 0 Å². The first-order chi connectivity index (χ1) is 8.91. The van der Waals surface area contributed by atoms with Gasteiger partial charge in [-0.05, 0) is 32.1 Å². The molecule has 0 bridgehead atoms. The molecule has 19 heavy (non-hydrogen) atoms. The van der Waals surface area contributed by atoms with Crippen LogP contribution in [0.25, 0.3) is 0 Å². The molecule has 5 heteroatoms. The van der Waals surface area contributed by atoms with Crippen LogP contribution < -0.4 is 5.32 Å². The molecule has 0 aromatic carbocycles. The van der Waals surface area contributed by atoms with Crippen LogP contribution in [0.3, 0.4) is 0 Å². The molecule has 0 saturated carbocycles. The summed E-state index contributed by atoms with van der Waals surface area (Å²) in [7, 11) is 0. The lowest BCUT2D eigenvalue weighted by molar-refractivity contribution is -0.143. The number of rotatable bonds is 6. The van der Waals surface area contributed by atoms with E-state index in [0.29, 0.717) is 25.3 Å². The zero-order valence-corrected chi connectivity index (χ0v) is 12.2. The van der Waals surface area contributed by atoms with Crippen LogP contribution in [-0.4, -0.2) is 47.1 Å². The highest BCUT2D eigenvalue weighted by Crippen LogP contribution is 2.19. The molecule has 0 aliphatic carbocycles. The van der Waals surface area contributed by atoms with Crippen LogP contribution in [0.15, 0.2) is 0 Å². The zero-order valence-electron chi connectivity index (χ0n) is 12.2. The second kappa shape index (κ2) is 7.48. The quantitative estimate of drug-likeness (QED) is 0.754. The Morgan fingerprint density at radius 2 is 2.05 bits per heavy atom. The highest BCUT2D eigenvalue weighted by molar-refractivity contribution is 5.88. The molecular formula is C14H26N2O3. The van der Waals surface area contributed by atoms with E-state index in [0.717, 1.165) is 12.8 Å². The molecule has 2 N–H and O–H groups in total. The van der Waals surface area contributed by atoms with E-state index in [9.17, 15) is 14.7 Å². The van der Waals surface area contributed by atoms with Crippen LogP contribution in [0.2, 0.25) is 0 Å². The Morgan fingerprint density at radius 1 is 1.37 bits per heavy atom. The van der Waals surface area contributed by atoms with Crippen molar-refractivity contribution in [3.05, 3.63) is 0 Å². The van der Waals surface area contributed by atoms with E-state index in [1.807, 2.05) is 13.8 Å². The molecule has 1 saturated heterocycles.